The van der Waals surface area contributed by atoms with Crippen LogP contribution in [0.5, 0.6) is 0 Å². The lowest BCUT2D eigenvalue weighted by molar-refractivity contribution is 0.337. The van der Waals surface area contributed by atoms with Crippen molar-refractivity contribution in [3.8, 4) is 0 Å². The van der Waals surface area contributed by atoms with Crippen LogP contribution in [0.15, 0.2) is 0 Å². The molecule has 1 heteroatoms. The number of alkyl halides is 1. The quantitative estimate of drug-likeness (QED) is 0.515. The van der Waals surface area contributed by atoms with E-state index in [2.05, 4.69) is 0 Å². The molecule has 0 bridgehead atoms. The Morgan fingerprint density at radius 1 is 0.833 bits per heavy atom. The highest BCUT2D eigenvalue weighted by atomic mass is 19.1. The van der Waals surface area contributed by atoms with E-state index in [1.165, 1.54) is 38.5 Å². The summed E-state index contributed by atoms with van der Waals surface area (Å²) in [5.41, 5.74) is 0. The van der Waals surface area contributed by atoms with E-state index >= 15 is 0 Å². The summed E-state index contributed by atoms with van der Waals surface area (Å²) in [7, 11) is 0. The van der Waals surface area contributed by atoms with Crippen LogP contribution in [0.3, 0.4) is 0 Å². The molecule has 1 saturated carbocycles. The van der Waals surface area contributed by atoms with Crippen molar-refractivity contribution in [2.75, 3.05) is 0 Å². The van der Waals surface area contributed by atoms with Gasteiger partial charge in [-0.15, -0.1) is 0 Å². The van der Waals surface area contributed by atoms with Crippen LogP contribution in [-0.4, -0.2) is 6.17 Å². The lowest BCUT2D eigenvalue weighted by Gasteiger charge is -2.05. The number of rotatable bonds is 0. The fraction of sp³-hybridized carbons (Fsp3) is 0.909. The van der Waals surface area contributed by atoms with Crippen LogP contribution in [0.2, 0.25) is 0 Å². The van der Waals surface area contributed by atoms with Crippen LogP contribution in [0.25, 0.3) is 0 Å². The van der Waals surface area contributed by atoms with Gasteiger partial charge in [-0.25, -0.2) is 4.39 Å². The normalized spacial score (nSPS) is 24.8. The van der Waals surface area contributed by atoms with E-state index in [9.17, 15) is 4.39 Å². The molecule has 1 aliphatic rings. The van der Waals surface area contributed by atoms with Crippen molar-refractivity contribution < 1.29 is 4.39 Å². The van der Waals surface area contributed by atoms with Gasteiger partial charge in [0.05, 0.1) is 0 Å². The second-order valence-corrected chi connectivity index (χ2v) is 3.80. The van der Waals surface area contributed by atoms with Crippen LogP contribution >= 0.6 is 0 Å². The molecule has 0 N–H and O–H groups in total. The summed E-state index contributed by atoms with van der Waals surface area (Å²) in [5, 5.41) is 0. The monoisotopic (exact) mass is 171 g/mol. The lowest BCUT2D eigenvalue weighted by Crippen LogP contribution is -2.00. The maximum atomic E-state index is 13.0. The van der Waals surface area contributed by atoms with Gasteiger partial charge in [-0.2, -0.15) is 0 Å². The fourth-order valence-electron chi connectivity index (χ4n) is 1.78. The Morgan fingerprint density at radius 2 is 1.42 bits per heavy atom. The van der Waals surface area contributed by atoms with Crippen LogP contribution in [0.1, 0.15) is 57.8 Å². The van der Waals surface area contributed by atoms with E-state index in [0.29, 0.717) is 0 Å². The lowest BCUT2D eigenvalue weighted by atomic mass is 10.1. The molecule has 0 amide bonds. The molecule has 1 fully saturated rings. The van der Waals surface area contributed by atoms with Crippen molar-refractivity contribution >= 4 is 0 Å². The standard InChI is InChI=1S/C11H20F/c12-11-9-7-5-3-1-2-4-6-8-10-11/h9,11H,1-8,10H2. The summed E-state index contributed by atoms with van der Waals surface area (Å²) in [6, 6.07) is 0. The zero-order valence-electron chi connectivity index (χ0n) is 7.90. The minimum Gasteiger partial charge on any atom is -0.247 e. The Morgan fingerprint density at radius 3 is 2.17 bits per heavy atom. The Kier molecular flexibility index (Phi) is 5.38. The zero-order valence-corrected chi connectivity index (χ0v) is 7.90. The van der Waals surface area contributed by atoms with E-state index in [-0.39, 0.29) is 0 Å². The van der Waals surface area contributed by atoms with Gasteiger partial charge in [0.15, 0.2) is 0 Å². The van der Waals surface area contributed by atoms with Crippen LogP contribution in [0.4, 0.5) is 4.39 Å². The SMILES string of the molecule is FC1[CH]CCCCCCCCC1. The molecule has 1 atom stereocenters. The highest BCUT2D eigenvalue weighted by Gasteiger charge is 2.06. The zero-order chi connectivity index (χ0) is 8.65. The molecule has 1 unspecified atom stereocenters. The summed E-state index contributed by atoms with van der Waals surface area (Å²) in [5.74, 6) is 0. The molecular formula is C11H20F. The first kappa shape index (κ1) is 10.0. The Labute approximate surface area is 75.5 Å². The molecule has 0 aromatic carbocycles. The summed E-state index contributed by atoms with van der Waals surface area (Å²) >= 11 is 0. The minimum atomic E-state index is -0.622. The van der Waals surface area contributed by atoms with Crippen molar-refractivity contribution in [3.63, 3.8) is 0 Å². The second kappa shape index (κ2) is 6.45. The molecule has 0 spiro atoms. The second-order valence-electron chi connectivity index (χ2n) is 3.80. The molecule has 0 saturated heterocycles. The van der Waals surface area contributed by atoms with E-state index in [0.717, 1.165) is 19.3 Å². The fourth-order valence-corrected chi connectivity index (χ4v) is 1.78. The molecule has 0 aromatic rings. The molecular weight excluding hydrogens is 151 g/mol. The molecule has 0 aromatic heterocycles. The predicted octanol–water partition coefficient (Wildman–Crippen LogP) is 4.05. The van der Waals surface area contributed by atoms with Crippen LogP contribution < -0.4 is 0 Å². The highest BCUT2D eigenvalue weighted by molar-refractivity contribution is 4.76. The Bertz CT molecular complexity index is 89.2. The van der Waals surface area contributed by atoms with Crippen molar-refractivity contribution in [3.05, 3.63) is 6.42 Å². The topological polar surface area (TPSA) is 0 Å². The predicted molar refractivity (Wildman–Crippen MR) is 50.7 cm³/mol. The number of hydrogen-bond donors (Lipinski definition) is 0. The van der Waals surface area contributed by atoms with Gasteiger partial charge in [0.25, 0.3) is 0 Å². The molecule has 0 heterocycles. The van der Waals surface area contributed by atoms with Gasteiger partial charge >= 0.3 is 0 Å². The van der Waals surface area contributed by atoms with Gasteiger partial charge < -0.3 is 0 Å². The summed E-state index contributed by atoms with van der Waals surface area (Å²) in [6.07, 6.45) is 11.8. The first-order chi connectivity index (χ1) is 5.89. The third-order valence-corrected chi connectivity index (χ3v) is 2.61. The van der Waals surface area contributed by atoms with Gasteiger partial charge in [-0.3, -0.25) is 0 Å². The molecule has 1 rings (SSSR count). The molecule has 71 valence electrons. The van der Waals surface area contributed by atoms with E-state index in [1.54, 1.807) is 0 Å². The van der Waals surface area contributed by atoms with Gasteiger partial charge in [-0.05, 0) is 19.3 Å². The molecule has 12 heavy (non-hydrogen) atoms. The van der Waals surface area contributed by atoms with Crippen molar-refractivity contribution in [1.82, 2.24) is 0 Å². The Hall–Kier alpha value is -0.0700. The third kappa shape index (κ3) is 4.74. The number of hydrogen-bond acceptors (Lipinski definition) is 0. The van der Waals surface area contributed by atoms with Crippen molar-refractivity contribution in [2.45, 2.75) is 64.0 Å². The van der Waals surface area contributed by atoms with Crippen LogP contribution in [-0.2, 0) is 0 Å². The maximum absolute atomic E-state index is 13.0. The van der Waals surface area contributed by atoms with Crippen molar-refractivity contribution in [2.24, 2.45) is 0 Å². The van der Waals surface area contributed by atoms with Gasteiger partial charge in [-0.1, -0.05) is 44.9 Å². The highest BCUT2D eigenvalue weighted by Crippen LogP contribution is 2.17. The minimum absolute atomic E-state index is 0.622. The molecule has 0 nitrogen and oxygen atoms in total. The first-order valence-corrected chi connectivity index (χ1v) is 5.37. The smallest absolute Gasteiger partial charge is 0.103 e. The van der Waals surface area contributed by atoms with Gasteiger partial charge in [0.2, 0.25) is 0 Å². The van der Waals surface area contributed by atoms with Crippen molar-refractivity contribution in [1.29, 1.82) is 0 Å². The molecule has 0 aliphatic heterocycles. The van der Waals surface area contributed by atoms with Gasteiger partial charge in [0, 0.05) is 0 Å². The van der Waals surface area contributed by atoms with Gasteiger partial charge in [0.1, 0.15) is 6.17 Å². The van der Waals surface area contributed by atoms with E-state index in [4.69, 9.17) is 0 Å². The third-order valence-electron chi connectivity index (χ3n) is 2.61. The largest absolute Gasteiger partial charge is 0.247 e. The summed E-state index contributed by atoms with van der Waals surface area (Å²) in [4.78, 5) is 0. The van der Waals surface area contributed by atoms with E-state index in [1.807, 2.05) is 6.42 Å². The average Bonchev–Trinajstić information content (AvgIpc) is 2.11. The Balaban J connectivity index is 2.13. The molecule has 1 aliphatic carbocycles. The van der Waals surface area contributed by atoms with E-state index < -0.39 is 6.17 Å². The average molecular weight is 171 g/mol. The summed E-state index contributed by atoms with van der Waals surface area (Å²) in [6.45, 7) is 0. The maximum Gasteiger partial charge on any atom is 0.103 e. The number of halogens is 1. The molecule has 1 radical (unpaired) electrons. The van der Waals surface area contributed by atoms with Crippen LogP contribution in [0, 0.1) is 6.42 Å². The summed E-state index contributed by atoms with van der Waals surface area (Å²) < 4.78 is 13.0. The first-order valence-electron chi connectivity index (χ1n) is 5.37.